The number of allylic oxidation sites excluding steroid dienone is 3. The molecule has 6 rings (SSSR count). The van der Waals surface area contributed by atoms with Crippen LogP contribution in [0.15, 0.2) is 140 Å². The van der Waals surface area contributed by atoms with Crippen molar-refractivity contribution < 1.29 is 0 Å². The molecule has 2 heteroatoms. The van der Waals surface area contributed by atoms with E-state index in [1.54, 1.807) is 0 Å². The van der Waals surface area contributed by atoms with Gasteiger partial charge in [-0.2, -0.15) is 0 Å². The zero-order valence-corrected chi connectivity index (χ0v) is 26.4. The van der Waals surface area contributed by atoms with Crippen molar-refractivity contribution in [2.24, 2.45) is 5.92 Å². The molecule has 4 aromatic rings. The van der Waals surface area contributed by atoms with Gasteiger partial charge >= 0.3 is 0 Å². The Balaban J connectivity index is 0.000000331. The largest absolute Gasteiger partial charge is 0.378 e. The predicted octanol–water partition coefficient (Wildman–Crippen LogP) is 11.3. The van der Waals surface area contributed by atoms with Gasteiger partial charge in [-0.25, -0.2) is 0 Å². The Kier molecular flexibility index (Phi) is 17.6. The molecule has 1 aliphatic carbocycles. The van der Waals surface area contributed by atoms with Crippen molar-refractivity contribution in [3.05, 3.63) is 145 Å². The summed E-state index contributed by atoms with van der Waals surface area (Å²) in [6, 6.07) is 31.5. The second-order valence-corrected chi connectivity index (χ2v) is 8.22. The van der Waals surface area contributed by atoms with Crippen LogP contribution in [-0.2, 0) is 0 Å². The third kappa shape index (κ3) is 10.4. The van der Waals surface area contributed by atoms with Gasteiger partial charge in [0.2, 0.25) is 0 Å². The predicted molar refractivity (Wildman–Crippen MR) is 185 cm³/mol. The van der Waals surface area contributed by atoms with Crippen molar-refractivity contribution in [2.45, 2.75) is 61.4 Å². The summed E-state index contributed by atoms with van der Waals surface area (Å²) in [6.45, 7) is 20.1. The minimum atomic E-state index is 0.361. The summed E-state index contributed by atoms with van der Waals surface area (Å²) in [7, 11) is 0. The van der Waals surface area contributed by atoms with Gasteiger partial charge in [-0.3, -0.25) is 4.98 Å². The second-order valence-electron chi connectivity index (χ2n) is 8.22. The van der Waals surface area contributed by atoms with Gasteiger partial charge in [-0.15, -0.1) is 0 Å². The van der Waals surface area contributed by atoms with Crippen LogP contribution in [0.3, 0.4) is 0 Å². The van der Waals surface area contributed by atoms with Crippen LogP contribution in [0.25, 0.3) is 27.6 Å². The maximum Gasteiger partial charge on any atom is 0.0702 e. The lowest BCUT2D eigenvalue weighted by molar-refractivity contribution is 0.578. The van der Waals surface area contributed by atoms with Crippen molar-refractivity contribution in [3.8, 4) is 11.1 Å². The van der Waals surface area contributed by atoms with E-state index >= 15 is 0 Å². The zero-order chi connectivity index (χ0) is 30.5. The van der Waals surface area contributed by atoms with Crippen molar-refractivity contribution >= 4 is 16.5 Å². The fourth-order valence-corrected chi connectivity index (χ4v) is 4.25. The van der Waals surface area contributed by atoms with Gasteiger partial charge in [-0.1, -0.05) is 171 Å². The summed E-state index contributed by atoms with van der Waals surface area (Å²) in [5.74, 6) is 0.431. The van der Waals surface area contributed by atoms with Crippen LogP contribution >= 0.6 is 0 Å². The van der Waals surface area contributed by atoms with E-state index < -0.39 is 0 Å². The van der Waals surface area contributed by atoms with Crippen LogP contribution < -0.4 is 5.32 Å². The fraction of sp³-hybridized carbons (Fsp3) is 0.256. The monoisotopic (exact) mass is 546 g/mol. The van der Waals surface area contributed by atoms with Crippen LogP contribution in [0.4, 0.5) is 0 Å². The lowest BCUT2D eigenvalue weighted by atomic mass is 9.86. The zero-order valence-electron chi connectivity index (χ0n) is 26.4. The number of para-hydroxylation sites is 1. The second kappa shape index (κ2) is 20.7. The average molecular weight is 547 g/mol. The highest BCUT2D eigenvalue weighted by atomic mass is 14.9. The number of hydrogen-bond donors (Lipinski definition) is 1. The van der Waals surface area contributed by atoms with Crippen molar-refractivity contribution in [2.75, 3.05) is 0 Å². The maximum absolute atomic E-state index is 4.46. The fourth-order valence-electron chi connectivity index (χ4n) is 4.25. The molecular weight excluding hydrogens is 496 g/mol. The van der Waals surface area contributed by atoms with E-state index in [1.807, 2.05) is 104 Å². The summed E-state index contributed by atoms with van der Waals surface area (Å²) in [5, 5.41) is 4.65. The van der Waals surface area contributed by atoms with Crippen LogP contribution in [0.1, 0.15) is 61.0 Å². The van der Waals surface area contributed by atoms with Crippen LogP contribution in [0.2, 0.25) is 0 Å². The number of nitrogens with one attached hydrogen (secondary N) is 1. The molecule has 0 radical (unpaired) electrons. The van der Waals surface area contributed by atoms with Gasteiger partial charge in [0.15, 0.2) is 0 Å². The molecule has 1 aliphatic heterocycles. The molecule has 0 fully saturated rings. The van der Waals surface area contributed by atoms with Crippen LogP contribution in [0.5, 0.6) is 0 Å². The number of benzene rings is 3. The molecule has 0 saturated carbocycles. The average Bonchev–Trinajstić information content (AvgIpc) is 3.09. The van der Waals surface area contributed by atoms with Crippen molar-refractivity contribution in [1.82, 2.24) is 10.3 Å². The Morgan fingerprint density at radius 2 is 1.15 bits per heavy atom. The Morgan fingerprint density at radius 1 is 0.610 bits per heavy atom. The highest BCUT2D eigenvalue weighted by Gasteiger charge is 2.24. The molecule has 0 amide bonds. The standard InChI is InChI=1S/C16H15N.C15H11N.4C2H6/c1-12-15(13-7-3-2-4-8-13)11-14-9-5-6-10-16(14)17-12;1-2-6-12(7-3-1)14-10-13-8-4-5-9-15(13)16-11-14;4*1-2/h2-11,14,16-17H,1H2;1-11H;4*1-2H3. The molecule has 1 aromatic heterocycles. The maximum atomic E-state index is 4.46. The highest BCUT2D eigenvalue weighted by Crippen LogP contribution is 2.30. The lowest BCUT2D eigenvalue weighted by Crippen LogP contribution is -2.36. The van der Waals surface area contributed by atoms with E-state index in [0.717, 1.165) is 11.2 Å². The Morgan fingerprint density at radius 3 is 1.78 bits per heavy atom. The first kappa shape index (κ1) is 34.9. The summed E-state index contributed by atoms with van der Waals surface area (Å²) in [6.07, 6.45) is 12.8. The van der Waals surface area contributed by atoms with Gasteiger partial charge < -0.3 is 5.32 Å². The van der Waals surface area contributed by atoms with Gasteiger partial charge in [0.1, 0.15) is 0 Å². The number of hydrogen-bond acceptors (Lipinski definition) is 2. The van der Waals surface area contributed by atoms with Gasteiger partial charge in [0.25, 0.3) is 0 Å². The van der Waals surface area contributed by atoms with E-state index in [-0.39, 0.29) is 0 Å². The third-order valence-electron chi connectivity index (χ3n) is 5.99. The highest BCUT2D eigenvalue weighted by molar-refractivity contribution is 5.83. The van der Waals surface area contributed by atoms with Crippen LogP contribution in [-0.4, -0.2) is 11.0 Å². The van der Waals surface area contributed by atoms with E-state index in [1.165, 1.54) is 27.6 Å². The number of pyridine rings is 1. The first-order chi connectivity index (χ1) is 20.3. The summed E-state index contributed by atoms with van der Waals surface area (Å²) in [4.78, 5) is 4.46. The Labute approximate surface area is 250 Å². The number of fused-ring (bicyclic) bond motifs is 2. The summed E-state index contributed by atoms with van der Waals surface area (Å²) >= 11 is 0. The molecule has 0 spiro atoms. The summed E-state index contributed by atoms with van der Waals surface area (Å²) < 4.78 is 0. The Hall–Kier alpha value is -4.17. The summed E-state index contributed by atoms with van der Waals surface area (Å²) in [5.41, 5.74) is 6.87. The minimum absolute atomic E-state index is 0.361. The van der Waals surface area contributed by atoms with E-state index in [4.69, 9.17) is 0 Å². The molecule has 2 nitrogen and oxygen atoms in total. The van der Waals surface area contributed by atoms with E-state index in [0.29, 0.717) is 12.0 Å². The SMILES string of the molecule is C=C1NC2C=CC=CC2C=C1c1ccccc1.CC.CC.CC.CC.c1ccc(-c2cnc3ccccc3c2)cc1. The van der Waals surface area contributed by atoms with E-state index in [2.05, 4.69) is 95.8 Å². The molecular formula is C39H50N2. The number of nitrogens with zero attached hydrogens (tertiary/aromatic N) is 1. The van der Waals surface area contributed by atoms with Crippen LogP contribution in [0, 0.1) is 5.92 Å². The van der Waals surface area contributed by atoms with Crippen molar-refractivity contribution in [3.63, 3.8) is 0 Å². The Bertz CT molecular complexity index is 1350. The minimum Gasteiger partial charge on any atom is -0.378 e. The number of aromatic nitrogens is 1. The van der Waals surface area contributed by atoms with Gasteiger partial charge in [0.05, 0.1) is 11.6 Å². The van der Waals surface area contributed by atoms with Crippen molar-refractivity contribution in [1.29, 1.82) is 0 Å². The molecule has 2 atom stereocenters. The molecule has 3 aromatic carbocycles. The van der Waals surface area contributed by atoms with Gasteiger partial charge in [-0.05, 0) is 23.3 Å². The van der Waals surface area contributed by atoms with E-state index in [9.17, 15) is 0 Å². The van der Waals surface area contributed by atoms with Gasteiger partial charge in [0, 0.05) is 34.3 Å². The molecule has 41 heavy (non-hydrogen) atoms. The smallest absolute Gasteiger partial charge is 0.0702 e. The first-order valence-electron chi connectivity index (χ1n) is 15.3. The molecule has 2 unspecified atom stereocenters. The lowest BCUT2D eigenvalue weighted by Gasteiger charge is -2.31. The molecule has 1 N–H and O–H groups in total. The molecule has 216 valence electrons. The third-order valence-corrected chi connectivity index (χ3v) is 5.99. The molecule has 0 saturated heterocycles. The molecule has 0 bridgehead atoms. The quantitative estimate of drug-likeness (QED) is 0.270. The topological polar surface area (TPSA) is 24.9 Å². The normalized spacial score (nSPS) is 15.5. The number of rotatable bonds is 2. The molecule has 2 aliphatic rings. The molecule has 2 heterocycles. The first-order valence-corrected chi connectivity index (χ1v) is 15.3.